The molecule has 0 aromatic heterocycles. The van der Waals surface area contributed by atoms with Crippen LogP contribution >= 0.6 is 0 Å². The molecule has 0 bridgehead atoms. The van der Waals surface area contributed by atoms with Crippen molar-refractivity contribution in [2.24, 2.45) is 5.92 Å². The maximum atomic E-state index is 11.9. The van der Waals surface area contributed by atoms with E-state index in [4.69, 9.17) is 5.11 Å². The topological polar surface area (TPSA) is 78.4 Å². The van der Waals surface area contributed by atoms with E-state index in [-0.39, 0.29) is 18.0 Å². The van der Waals surface area contributed by atoms with Crippen LogP contribution in [0.2, 0.25) is 0 Å². The molecule has 0 heterocycles. The van der Waals surface area contributed by atoms with Crippen LogP contribution in [-0.2, 0) is 4.79 Å². The number of nitrogens with one attached hydrogen (secondary N) is 2. The Labute approximate surface area is 108 Å². The molecule has 1 saturated carbocycles. The fraction of sp³-hybridized carbons (Fsp3) is 0.846. The minimum atomic E-state index is -0.844. The van der Waals surface area contributed by atoms with Crippen molar-refractivity contribution in [2.45, 2.75) is 64.5 Å². The molecule has 5 heteroatoms. The first-order chi connectivity index (χ1) is 8.12. The normalized spacial score (nSPS) is 16.2. The number of urea groups is 1. The van der Waals surface area contributed by atoms with Crippen LogP contribution in [0.1, 0.15) is 53.4 Å². The number of carboxylic acids is 1. The zero-order valence-corrected chi connectivity index (χ0v) is 11.7. The maximum Gasteiger partial charge on any atom is 0.315 e. The Morgan fingerprint density at radius 1 is 1.17 bits per heavy atom. The van der Waals surface area contributed by atoms with E-state index < -0.39 is 11.5 Å². The highest BCUT2D eigenvalue weighted by Gasteiger charge is 2.39. The SMILES string of the molecule is CC(C)(CCC(=O)O)NC(=O)NC(C)(C)C1CC1. The van der Waals surface area contributed by atoms with Crippen LogP contribution in [0.3, 0.4) is 0 Å². The van der Waals surface area contributed by atoms with E-state index in [1.165, 1.54) is 0 Å². The molecular weight excluding hydrogens is 232 g/mol. The third-order valence-corrected chi connectivity index (χ3v) is 3.45. The van der Waals surface area contributed by atoms with Gasteiger partial charge in [-0.3, -0.25) is 4.79 Å². The van der Waals surface area contributed by atoms with Gasteiger partial charge in [0.2, 0.25) is 0 Å². The Morgan fingerprint density at radius 3 is 2.17 bits per heavy atom. The molecule has 1 rings (SSSR count). The lowest BCUT2D eigenvalue weighted by molar-refractivity contribution is -0.137. The van der Waals surface area contributed by atoms with Gasteiger partial charge in [0.1, 0.15) is 0 Å². The minimum Gasteiger partial charge on any atom is -0.481 e. The maximum absolute atomic E-state index is 11.9. The third kappa shape index (κ3) is 4.94. The zero-order chi connectivity index (χ0) is 14.0. The molecule has 0 aliphatic heterocycles. The number of rotatable bonds is 6. The van der Waals surface area contributed by atoms with Crippen LogP contribution in [0.4, 0.5) is 4.79 Å². The van der Waals surface area contributed by atoms with Crippen LogP contribution in [-0.4, -0.2) is 28.2 Å². The molecule has 5 nitrogen and oxygen atoms in total. The summed E-state index contributed by atoms with van der Waals surface area (Å²) in [6.07, 6.45) is 2.80. The van der Waals surface area contributed by atoms with Gasteiger partial charge in [-0.1, -0.05) is 0 Å². The molecule has 0 atom stereocenters. The van der Waals surface area contributed by atoms with Gasteiger partial charge in [0.25, 0.3) is 0 Å². The number of carboxylic acid groups (broad SMARTS) is 1. The van der Waals surface area contributed by atoms with Gasteiger partial charge in [0.15, 0.2) is 0 Å². The van der Waals surface area contributed by atoms with Gasteiger partial charge in [-0.25, -0.2) is 4.79 Å². The Balaban J connectivity index is 2.40. The molecular formula is C13H24N2O3. The molecule has 2 amide bonds. The van der Waals surface area contributed by atoms with E-state index in [9.17, 15) is 9.59 Å². The average molecular weight is 256 g/mol. The molecule has 104 valence electrons. The molecule has 1 aliphatic rings. The summed E-state index contributed by atoms with van der Waals surface area (Å²) in [6, 6.07) is -0.220. The lowest BCUT2D eigenvalue weighted by atomic mass is 9.97. The van der Waals surface area contributed by atoms with Crippen molar-refractivity contribution in [3.05, 3.63) is 0 Å². The summed E-state index contributed by atoms with van der Waals surface area (Å²) in [5.41, 5.74) is -0.699. The predicted molar refractivity (Wildman–Crippen MR) is 69.4 cm³/mol. The molecule has 0 aromatic carbocycles. The van der Waals surface area contributed by atoms with Gasteiger partial charge in [0, 0.05) is 17.5 Å². The van der Waals surface area contributed by atoms with Gasteiger partial charge in [-0.2, -0.15) is 0 Å². The van der Waals surface area contributed by atoms with Crippen molar-refractivity contribution in [3.63, 3.8) is 0 Å². The second-order valence-electron chi connectivity index (χ2n) is 6.35. The van der Waals surface area contributed by atoms with Crippen LogP contribution in [0.25, 0.3) is 0 Å². The van der Waals surface area contributed by atoms with E-state index in [2.05, 4.69) is 10.6 Å². The van der Waals surface area contributed by atoms with Crippen molar-refractivity contribution in [3.8, 4) is 0 Å². The number of amides is 2. The number of hydrogen-bond acceptors (Lipinski definition) is 2. The third-order valence-electron chi connectivity index (χ3n) is 3.45. The number of aliphatic carboxylic acids is 1. The lowest BCUT2D eigenvalue weighted by Crippen LogP contribution is -2.55. The van der Waals surface area contributed by atoms with E-state index in [1.54, 1.807) is 0 Å². The number of carbonyl (C=O) groups excluding carboxylic acids is 1. The monoisotopic (exact) mass is 256 g/mol. The molecule has 0 saturated heterocycles. The fourth-order valence-corrected chi connectivity index (χ4v) is 2.02. The van der Waals surface area contributed by atoms with E-state index in [0.717, 1.165) is 12.8 Å². The van der Waals surface area contributed by atoms with Crippen molar-refractivity contribution >= 4 is 12.0 Å². The highest BCUT2D eigenvalue weighted by molar-refractivity contribution is 5.75. The minimum absolute atomic E-state index is 0.0549. The standard InChI is InChI=1S/C13H24N2O3/c1-12(2,8-7-10(16)17)14-11(18)15-13(3,4)9-5-6-9/h9H,5-8H2,1-4H3,(H,16,17)(H2,14,15,18). The van der Waals surface area contributed by atoms with Gasteiger partial charge >= 0.3 is 12.0 Å². The van der Waals surface area contributed by atoms with Gasteiger partial charge in [-0.15, -0.1) is 0 Å². The molecule has 1 aliphatic carbocycles. The van der Waals surface area contributed by atoms with Crippen molar-refractivity contribution < 1.29 is 14.7 Å². The molecule has 18 heavy (non-hydrogen) atoms. The first-order valence-electron chi connectivity index (χ1n) is 6.44. The van der Waals surface area contributed by atoms with Crippen LogP contribution in [0.15, 0.2) is 0 Å². The Hall–Kier alpha value is -1.26. The summed E-state index contributed by atoms with van der Waals surface area (Å²) in [5, 5.41) is 14.5. The van der Waals surface area contributed by atoms with Crippen LogP contribution < -0.4 is 10.6 Å². The van der Waals surface area contributed by atoms with Crippen molar-refractivity contribution in [1.82, 2.24) is 10.6 Å². The summed E-state index contributed by atoms with van der Waals surface area (Å²) in [6.45, 7) is 7.71. The summed E-state index contributed by atoms with van der Waals surface area (Å²) in [5.74, 6) is -0.283. The first kappa shape index (κ1) is 14.8. The van der Waals surface area contributed by atoms with Gasteiger partial charge in [0.05, 0.1) is 0 Å². The average Bonchev–Trinajstić information content (AvgIpc) is 2.95. The molecule has 0 radical (unpaired) electrons. The van der Waals surface area contributed by atoms with E-state index in [1.807, 2.05) is 27.7 Å². The molecule has 0 aromatic rings. The molecule has 0 unspecified atom stereocenters. The fourth-order valence-electron chi connectivity index (χ4n) is 2.02. The quantitative estimate of drug-likeness (QED) is 0.681. The van der Waals surface area contributed by atoms with Gasteiger partial charge < -0.3 is 15.7 Å². The highest BCUT2D eigenvalue weighted by atomic mass is 16.4. The van der Waals surface area contributed by atoms with E-state index in [0.29, 0.717) is 12.3 Å². The Morgan fingerprint density at radius 2 is 1.72 bits per heavy atom. The summed E-state index contributed by atoms with van der Waals surface area (Å²) < 4.78 is 0. The van der Waals surface area contributed by atoms with E-state index >= 15 is 0 Å². The Bertz CT molecular complexity index is 333. The summed E-state index contributed by atoms with van der Waals surface area (Å²) in [4.78, 5) is 22.4. The smallest absolute Gasteiger partial charge is 0.315 e. The highest BCUT2D eigenvalue weighted by Crippen LogP contribution is 2.39. The number of hydrogen-bond donors (Lipinski definition) is 3. The van der Waals surface area contributed by atoms with Crippen molar-refractivity contribution in [2.75, 3.05) is 0 Å². The second kappa shape index (κ2) is 5.16. The van der Waals surface area contributed by atoms with Gasteiger partial charge in [-0.05, 0) is 52.9 Å². The summed E-state index contributed by atoms with van der Waals surface area (Å²) >= 11 is 0. The largest absolute Gasteiger partial charge is 0.481 e. The molecule has 3 N–H and O–H groups in total. The second-order valence-corrected chi connectivity index (χ2v) is 6.35. The lowest BCUT2D eigenvalue weighted by Gasteiger charge is -2.31. The van der Waals surface area contributed by atoms with Crippen molar-refractivity contribution in [1.29, 1.82) is 0 Å². The zero-order valence-electron chi connectivity index (χ0n) is 11.7. The Kier molecular flexibility index (Phi) is 4.24. The number of carbonyl (C=O) groups is 2. The summed E-state index contributed by atoms with van der Waals surface area (Å²) in [7, 11) is 0. The molecule has 1 fully saturated rings. The molecule has 0 spiro atoms. The first-order valence-corrected chi connectivity index (χ1v) is 6.44. The predicted octanol–water partition coefficient (Wildman–Crippen LogP) is 2.12. The van der Waals surface area contributed by atoms with Crippen LogP contribution in [0, 0.1) is 5.92 Å². The van der Waals surface area contributed by atoms with Crippen LogP contribution in [0.5, 0.6) is 0 Å².